The first kappa shape index (κ1) is 15.5. The first-order valence-electron chi connectivity index (χ1n) is 8.14. The van der Waals surface area contributed by atoms with Crippen molar-refractivity contribution in [3.8, 4) is 0 Å². The van der Waals surface area contributed by atoms with Crippen LogP contribution >= 0.6 is 0 Å². The van der Waals surface area contributed by atoms with Crippen LogP contribution in [0.4, 0.5) is 0 Å². The molecule has 1 saturated heterocycles. The maximum Gasteiger partial charge on any atom is 0.0918 e. The van der Waals surface area contributed by atoms with E-state index < -0.39 is 0 Å². The molecule has 1 aromatic rings. The molecular formula is C18H29NO. The van der Waals surface area contributed by atoms with Crippen LogP contribution in [0.2, 0.25) is 0 Å². The Labute approximate surface area is 123 Å². The molecule has 1 aromatic carbocycles. The maximum absolute atomic E-state index is 6.12. The van der Waals surface area contributed by atoms with Crippen molar-refractivity contribution < 1.29 is 4.74 Å². The van der Waals surface area contributed by atoms with Gasteiger partial charge in [0.1, 0.15) is 0 Å². The summed E-state index contributed by atoms with van der Waals surface area (Å²) in [6, 6.07) is 9.62. The quantitative estimate of drug-likeness (QED) is 0.846. The largest absolute Gasteiger partial charge is 0.370 e. The highest BCUT2D eigenvalue weighted by Crippen LogP contribution is 2.35. The number of hydrogen-bond acceptors (Lipinski definition) is 2. The van der Waals surface area contributed by atoms with Crippen LogP contribution in [0, 0.1) is 0 Å². The molecule has 0 radical (unpaired) electrons. The van der Waals surface area contributed by atoms with Crippen LogP contribution in [0.15, 0.2) is 24.3 Å². The molecule has 0 aliphatic carbocycles. The molecule has 1 fully saturated rings. The Hall–Kier alpha value is -0.860. The smallest absolute Gasteiger partial charge is 0.0918 e. The molecule has 0 aromatic heterocycles. The van der Waals surface area contributed by atoms with Gasteiger partial charge in [0.2, 0.25) is 0 Å². The zero-order valence-corrected chi connectivity index (χ0v) is 13.2. The molecule has 112 valence electrons. The van der Waals surface area contributed by atoms with E-state index in [2.05, 4.69) is 50.4 Å². The Balaban J connectivity index is 2.04. The van der Waals surface area contributed by atoms with E-state index in [1.807, 2.05) is 0 Å². The summed E-state index contributed by atoms with van der Waals surface area (Å²) in [6.07, 6.45) is 5.76. The van der Waals surface area contributed by atoms with Crippen LogP contribution in [0.3, 0.4) is 0 Å². The number of rotatable bonds is 6. The molecule has 2 heteroatoms. The van der Waals surface area contributed by atoms with Gasteiger partial charge in [0.15, 0.2) is 0 Å². The van der Waals surface area contributed by atoms with Gasteiger partial charge in [0.05, 0.1) is 5.60 Å². The van der Waals surface area contributed by atoms with E-state index in [0.29, 0.717) is 6.04 Å². The summed E-state index contributed by atoms with van der Waals surface area (Å²) in [6.45, 7) is 8.65. The number of aryl methyl sites for hydroxylation is 1. The minimum Gasteiger partial charge on any atom is -0.370 e. The molecule has 0 spiro atoms. The molecule has 0 saturated carbocycles. The van der Waals surface area contributed by atoms with Crippen molar-refractivity contribution in [1.29, 1.82) is 0 Å². The second-order valence-corrected chi connectivity index (χ2v) is 6.17. The summed E-state index contributed by atoms with van der Waals surface area (Å²) in [5, 5.41) is 3.65. The fraction of sp³-hybridized carbons (Fsp3) is 0.667. The van der Waals surface area contributed by atoms with Crippen LogP contribution in [0.1, 0.15) is 57.6 Å². The zero-order valence-electron chi connectivity index (χ0n) is 13.2. The summed E-state index contributed by atoms with van der Waals surface area (Å²) in [7, 11) is 0. The SMILES string of the molecule is CCCNC1CCOC(C)(c2ccc(CCC)cc2)C1. The molecule has 2 atom stereocenters. The molecule has 1 N–H and O–H groups in total. The van der Waals surface area contributed by atoms with Crippen molar-refractivity contribution in [2.45, 2.75) is 64.5 Å². The zero-order chi connectivity index (χ0) is 14.4. The lowest BCUT2D eigenvalue weighted by molar-refractivity contribution is -0.0812. The average molecular weight is 275 g/mol. The Bertz CT molecular complexity index is 400. The van der Waals surface area contributed by atoms with Gasteiger partial charge in [-0.3, -0.25) is 0 Å². The van der Waals surface area contributed by atoms with Gasteiger partial charge in [-0.25, -0.2) is 0 Å². The lowest BCUT2D eigenvalue weighted by Gasteiger charge is -2.39. The van der Waals surface area contributed by atoms with E-state index in [4.69, 9.17) is 4.74 Å². The molecule has 2 rings (SSSR count). The molecular weight excluding hydrogens is 246 g/mol. The maximum atomic E-state index is 6.12. The van der Waals surface area contributed by atoms with Crippen LogP contribution in [-0.4, -0.2) is 19.2 Å². The predicted octanol–water partition coefficient (Wildman–Crippen LogP) is 4.03. The molecule has 2 nitrogen and oxygen atoms in total. The minimum absolute atomic E-state index is 0.131. The number of ether oxygens (including phenoxy) is 1. The van der Waals surface area contributed by atoms with E-state index in [9.17, 15) is 0 Å². The van der Waals surface area contributed by atoms with Gasteiger partial charge in [0.25, 0.3) is 0 Å². The summed E-state index contributed by atoms with van der Waals surface area (Å²) >= 11 is 0. The van der Waals surface area contributed by atoms with E-state index in [-0.39, 0.29) is 5.60 Å². The van der Waals surface area contributed by atoms with Crippen LogP contribution in [-0.2, 0) is 16.8 Å². The van der Waals surface area contributed by atoms with Gasteiger partial charge >= 0.3 is 0 Å². The number of hydrogen-bond donors (Lipinski definition) is 1. The molecule has 0 bridgehead atoms. The van der Waals surface area contributed by atoms with Crippen molar-refractivity contribution in [2.75, 3.05) is 13.2 Å². The van der Waals surface area contributed by atoms with Gasteiger partial charge in [-0.15, -0.1) is 0 Å². The Kier molecular flexibility index (Phi) is 5.62. The van der Waals surface area contributed by atoms with Gasteiger partial charge in [-0.2, -0.15) is 0 Å². The predicted molar refractivity (Wildman–Crippen MR) is 85.1 cm³/mol. The average Bonchev–Trinajstić information content (AvgIpc) is 2.46. The van der Waals surface area contributed by atoms with Gasteiger partial charge in [-0.05, 0) is 50.3 Å². The van der Waals surface area contributed by atoms with Crippen LogP contribution in [0.25, 0.3) is 0 Å². The summed E-state index contributed by atoms with van der Waals surface area (Å²) in [5.41, 5.74) is 2.62. The van der Waals surface area contributed by atoms with E-state index in [1.165, 1.54) is 30.4 Å². The molecule has 0 amide bonds. The number of nitrogens with one attached hydrogen (secondary N) is 1. The van der Waals surface area contributed by atoms with Gasteiger partial charge in [0, 0.05) is 12.6 Å². The standard InChI is InChI=1S/C18H29NO/c1-4-6-15-7-9-16(10-8-15)18(3)14-17(11-13-20-18)19-12-5-2/h7-10,17,19H,4-6,11-14H2,1-3H3. The van der Waals surface area contributed by atoms with Gasteiger partial charge in [-0.1, -0.05) is 44.5 Å². The van der Waals surface area contributed by atoms with E-state index in [0.717, 1.165) is 26.0 Å². The number of benzene rings is 1. The van der Waals surface area contributed by atoms with Crippen LogP contribution < -0.4 is 5.32 Å². The van der Waals surface area contributed by atoms with Crippen molar-refractivity contribution in [1.82, 2.24) is 5.32 Å². The fourth-order valence-electron chi connectivity index (χ4n) is 3.09. The lowest BCUT2D eigenvalue weighted by Crippen LogP contribution is -2.44. The van der Waals surface area contributed by atoms with Crippen molar-refractivity contribution in [2.24, 2.45) is 0 Å². The minimum atomic E-state index is -0.131. The van der Waals surface area contributed by atoms with Gasteiger partial charge < -0.3 is 10.1 Å². The first-order chi connectivity index (χ1) is 9.68. The Morgan fingerprint density at radius 1 is 1.20 bits per heavy atom. The topological polar surface area (TPSA) is 21.3 Å². The molecule has 1 heterocycles. The van der Waals surface area contributed by atoms with Crippen LogP contribution in [0.5, 0.6) is 0 Å². The summed E-state index contributed by atoms with van der Waals surface area (Å²) in [5.74, 6) is 0. The highest BCUT2D eigenvalue weighted by Gasteiger charge is 2.34. The molecule has 1 aliphatic heterocycles. The molecule has 1 aliphatic rings. The first-order valence-corrected chi connectivity index (χ1v) is 8.14. The second kappa shape index (κ2) is 7.24. The third-order valence-corrected chi connectivity index (χ3v) is 4.31. The lowest BCUT2D eigenvalue weighted by atomic mass is 9.85. The summed E-state index contributed by atoms with van der Waals surface area (Å²) < 4.78 is 6.12. The third-order valence-electron chi connectivity index (χ3n) is 4.31. The molecule has 2 unspecified atom stereocenters. The Morgan fingerprint density at radius 2 is 1.95 bits per heavy atom. The monoisotopic (exact) mass is 275 g/mol. The van der Waals surface area contributed by atoms with E-state index >= 15 is 0 Å². The van der Waals surface area contributed by atoms with Crippen molar-refractivity contribution in [3.63, 3.8) is 0 Å². The van der Waals surface area contributed by atoms with Crippen molar-refractivity contribution >= 4 is 0 Å². The second-order valence-electron chi connectivity index (χ2n) is 6.17. The van der Waals surface area contributed by atoms with E-state index in [1.54, 1.807) is 0 Å². The fourth-order valence-corrected chi connectivity index (χ4v) is 3.09. The third kappa shape index (κ3) is 3.83. The van der Waals surface area contributed by atoms with Crippen molar-refractivity contribution in [3.05, 3.63) is 35.4 Å². The normalized spacial score (nSPS) is 26.6. The Morgan fingerprint density at radius 3 is 2.60 bits per heavy atom. The molecule has 20 heavy (non-hydrogen) atoms. The highest BCUT2D eigenvalue weighted by molar-refractivity contribution is 5.27. The summed E-state index contributed by atoms with van der Waals surface area (Å²) in [4.78, 5) is 0. The highest BCUT2D eigenvalue weighted by atomic mass is 16.5.